The molecule has 6 nitrogen and oxygen atoms in total. The number of carbonyl (C=O) groups excluding carboxylic acids is 2. The maximum Gasteiger partial charge on any atom is 0.343 e. The van der Waals surface area contributed by atoms with Crippen molar-refractivity contribution < 1.29 is 14.3 Å². The van der Waals surface area contributed by atoms with Crippen LogP contribution in [0.4, 0.5) is 0 Å². The lowest BCUT2D eigenvalue weighted by atomic mass is 10.2. The van der Waals surface area contributed by atoms with E-state index in [4.69, 9.17) is 10.5 Å². The molecule has 0 atom stereocenters. The summed E-state index contributed by atoms with van der Waals surface area (Å²) in [5.74, 6) is -0.835. The summed E-state index contributed by atoms with van der Waals surface area (Å²) in [5, 5.41) is 0.819. The number of rotatable bonds is 5. The summed E-state index contributed by atoms with van der Waals surface area (Å²) < 4.78 is 7.23. The Morgan fingerprint density at radius 2 is 1.88 bits per heavy atom. The van der Waals surface area contributed by atoms with E-state index in [0.29, 0.717) is 5.56 Å². The van der Waals surface area contributed by atoms with Gasteiger partial charge in [0.1, 0.15) is 5.75 Å². The molecule has 1 amide bonds. The zero-order valence-corrected chi connectivity index (χ0v) is 14.2. The molecule has 3 aromatic rings. The second-order valence-corrected chi connectivity index (χ2v) is 5.89. The van der Waals surface area contributed by atoms with E-state index in [-0.39, 0.29) is 11.3 Å². The van der Waals surface area contributed by atoms with Gasteiger partial charge in [0.25, 0.3) is 0 Å². The molecule has 0 aliphatic carbocycles. The van der Waals surface area contributed by atoms with Gasteiger partial charge >= 0.3 is 5.97 Å². The Labute approximate surface area is 148 Å². The standard InChI is InChI=1S/C18H15N3O3S/c1-25-18-20-8-9-21(18)14-6-2-5-13(10-14)17(23)24-15-7-3-4-12(11-15)16(19)22/h2-11H,1H3,(H2,19,22). The molecule has 1 heterocycles. The van der Waals surface area contributed by atoms with E-state index in [9.17, 15) is 9.59 Å². The van der Waals surface area contributed by atoms with Crippen LogP contribution < -0.4 is 10.5 Å². The Balaban J connectivity index is 1.85. The molecule has 0 unspecified atom stereocenters. The second-order valence-electron chi connectivity index (χ2n) is 5.12. The minimum Gasteiger partial charge on any atom is -0.423 e. The molecule has 0 radical (unpaired) electrons. The number of aromatic nitrogens is 2. The number of primary amides is 1. The van der Waals surface area contributed by atoms with Crippen molar-refractivity contribution in [1.82, 2.24) is 9.55 Å². The van der Waals surface area contributed by atoms with Crippen LogP contribution in [0.5, 0.6) is 5.75 Å². The van der Waals surface area contributed by atoms with Crippen LogP contribution in [0.25, 0.3) is 5.69 Å². The fourth-order valence-electron chi connectivity index (χ4n) is 2.30. The molecule has 0 aliphatic rings. The summed E-state index contributed by atoms with van der Waals surface area (Å²) >= 11 is 1.51. The van der Waals surface area contributed by atoms with Crippen molar-refractivity contribution in [2.24, 2.45) is 5.73 Å². The molecule has 0 bridgehead atoms. The van der Waals surface area contributed by atoms with Gasteiger partial charge in [0.15, 0.2) is 5.16 Å². The number of hydrogen-bond acceptors (Lipinski definition) is 5. The summed E-state index contributed by atoms with van der Waals surface area (Å²) in [6.45, 7) is 0. The van der Waals surface area contributed by atoms with E-state index in [1.807, 2.05) is 23.1 Å². The fraction of sp³-hybridized carbons (Fsp3) is 0.0556. The van der Waals surface area contributed by atoms with Crippen LogP contribution >= 0.6 is 11.8 Å². The number of benzene rings is 2. The zero-order chi connectivity index (χ0) is 17.8. The topological polar surface area (TPSA) is 87.2 Å². The number of imidazole rings is 1. The molecule has 3 rings (SSSR count). The van der Waals surface area contributed by atoms with E-state index in [1.165, 1.54) is 17.8 Å². The van der Waals surface area contributed by atoms with Crippen molar-refractivity contribution in [2.45, 2.75) is 5.16 Å². The molecule has 126 valence electrons. The highest BCUT2D eigenvalue weighted by molar-refractivity contribution is 7.98. The highest BCUT2D eigenvalue weighted by Gasteiger charge is 2.12. The molecule has 0 saturated heterocycles. The van der Waals surface area contributed by atoms with Gasteiger partial charge in [-0.3, -0.25) is 9.36 Å². The van der Waals surface area contributed by atoms with Crippen molar-refractivity contribution in [3.8, 4) is 11.4 Å². The first kappa shape index (κ1) is 16.8. The van der Waals surface area contributed by atoms with Crippen molar-refractivity contribution in [3.63, 3.8) is 0 Å². The van der Waals surface area contributed by atoms with Crippen LogP contribution in [-0.2, 0) is 0 Å². The second kappa shape index (κ2) is 7.23. The Morgan fingerprint density at radius 3 is 2.64 bits per heavy atom. The highest BCUT2D eigenvalue weighted by atomic mass is 32.2. The third kappa shape index (κ3) is 3.72. The molecular formula is C18H15N3O3S. The van der Waals surface area contributed by atoms with Crippen LogP contribution in [-0.4, -0.2) is 27.7 Å². The van der Waals surface area contributed by atoms with E-state index in [0.717, 1.165) is 10.8 Å². The number of nitrogens with zero attached hydrogens (tertiary/aromatic N) is 2. The van der Waals surface area contributed by atoms with Crippen molar-refractivity contribution in [3.05, 3.63) is 72.1 Å². The third-order valence-electron chi connectivity index (χ3n) is 3.48. The molecule has 0 aliphatic heterocycles. The highest BCUT2D eigenvalue weighted by Crippen LogP contribution is 2.20. The van der Waals surface area contributed by atoms with Gasteiger partial charge in [-0.1, -0.05) is 23.9 Å². The molecule has 25 heavy (non-hydrogen) atoms. The maximum absolute atomic E-state index is 12.4. The summed E-state index contributed by atoms with van der Waals surface area (Å²) in [4.78, 5) is 27.9. The van der Waals surface area contributed by atoms with Crippen molar-refractivity contribution >= 4 is 23.6 Å². The van der Waals surface area contributed by atoms with E-state index in [2.05, 4.69) is 4.98 Å². The van der Waals surface area contributed by atoms with Crippen LogP contribution in [0.2, 0.25) is 0 Å². The summed E-state index contributed by atoms with van der Waals surface area (Å²) in [6, 6.07) is 13.2. The summed E-state index contributed by atoms with van der Waals surface area (Å²) in [5.41, 5.74) is 6.71. The van der Waals surface area contributed by atoms with Crippen LogP contribution in [0.15, 0.2) is 66.1 Å². The summed E-state index contributed by atoms with van der Waals surface area (Å²) in [7, 11) is 0. The minimum atomic E-state index is -0.579. The van der Waals surface area contributed by atoms with Crippen LogP contribution in [0.1, 0.15) is 20.7 Å². The van der Waals surface area contributed by atoms with Gasteiger partial charge in [0.2, 0.25) is 5.91 Å². The van der Waals surface area contributed by atoms with Gasteiger partial charge in [-0.25, -0.2) is 9.78 Å². The summed E-state index contributed by atoms with van der Waals surface area (Å²) in [6.07, 6.45) is 5.46. The van der Waals surface area contributed by atoms with Gasteiger partial charge in [-0.05, 0) is 42.7 Å². The molecule has 2 aromatic carbocycles. The zero-order valence-electron chi connectivity index (χ0n) is 13.4. The number of esters is 1. The van der Waals surface area contributed by atoms with Crippen molar-refractivity contribution in [2.75, 3.05) is 6.26 Å². The quantitative estimate of drug-likeness (QED) is 0.433. The van der Waals surface area contributed by atoms with Gasteiger partial charge in [0.05, 0.1) is 5.56 Å². The van der Waals surface area contributed by atoms with Gasteiger partial charge < -0.3 is 10.5 Å². The predicted molar refractivity (Wildman–Crippen MR) is 95.3 cm³/mol. The van der Waals surface area contributed by atoms with Crippen LogP contribution in [0.3, 0.4) is 0 Å². The van der Waals surface area contributed by atoms with E-state index in [1.54, 1.807) is 42.6 Å². The average molecular weight is 353 g/mol. The van der Waals surface area contributed by atoms with Crippen molar-refractivity contribution in [1.29, 1.82) is 0 Å². The lowest BCUT2D eigenvalue weighted by Crippen LogP contribution is -2.12. The smallest absolute Gasteiger partial charge is 0.343 e. The number of amides is 1. The fourth-order valence-corrected chi connectivity index (χ4v) is 2.83. The number of hydrogen-bond donors (Lipinski definition) is 1. The number of nitrogens with two attached hydrogens (primary N) is 1. The molecule has 0 saturated carbocycles. The first-order valence-corrected chi connectivity index (χ1v) is 8.61. The van der Waals surface area contributed by atoms with Crippen LogP contribution in [0, 0.1) is 0 Å². The van der Waals surface area contributed by atoms with Gasteiger partial charge in [0, 0.05) is 23.6 Å². The Kier molecular flexibility index (Phi) is 4.85. The van der Waals surface area contributed by atoms with Gasteiger partial charge in [-0.2, -0.15) is 0 Å². The predicted octanol–water partition coefficient (Wildman–Crippen LogP) is 2.91. The normalized spacial score (nSPS) is 10.4. The molecule has 1 aromatic heterocycles. The number of thioether (sulfide) groups is 1. The lowest BCUT2D eigenvalue weighted by molar-refractivity contribution is 0.0733. The average Bonchev–Trinajstić information content (AvgIpc) is 3.11. The Hall–Kier alpha value is -3.06. The number of carbonyl (C=O) groups is 2. The maximum atomic E-state index is 12.4. The monoisotopic (exact) mass is 353 g/mol. The Morgan fingerprint density at radius 1 is 1.12 bits per heavy atom. The minimum absolute atomic E-state index is 0.263. The third-order valence-corrected chi connectivity index (χ3v) is 4.15. The molecular weight excluding hydrogens is 338 g/mol. The first-order valence-electron chi connectivity index (χ1n) is 7.38. The van der Waals surface area contributed by atoms with Gasteiger partial charge in [-0.15, -0.1) is 0 Å². The SMILES string of the molecule is CSc1nccn1-c1cccc(C(=O)Oc2cccc(C(N)=O)c2)c1. The molecule has 0 spiro atoms. The van der Waals surface area contributed by atoms with E-state index < -0.39 is 11.9 Å². The number of ether oxygens (including phenoxy) is 1. The lowest BCUT2D eigenvalue weighted by Gasteiger charge is -2.09. The molecule has 0 fully saturated rings. The first-order chi connectivity index (χ1) is 12.1. The Bertz CT molecular complexity index is 937. The largest absolute Gasteiger partial charge is 0.423 e. The van der Waals surface area contributed by atoms with E-state index >= 15 is 0 Å². The molecule has 2 N–H and O–H groups in total. The molecule has 7 heteroatoms.